The number of hydrogen-bond donors (Lipinski definition) is 2. The number of nitrogen functional groups attached to an aromatic ring is 2. The number of halogens is 1. The van der Waals surface area contributed by atoms with Crippen molar-refractivity contribution in [3.8, 4) is 11.5 Å². The highest BCUT2D eigenvalue weighted by atomic mass is 79.9. The van der Waals surface area contributed by atoms with E-state index < -0.39 is 0 Å². The van der Waals surface area contributed by atoms with E-state index in [1.54, 1.807) is 24.3 Å². The molecule has 0 atom stereocenters. The molecule has 0 unspecified atom stereocenters. The summed E-state index contributed by atoms with van der Waals surface area (Å²) in [7, 11) is 0. The quantitative estimate of drug-likeness (QED) is 0.828. The Morgan fingerprint density at radius 3 is 2.12 bits per heavy atom. The summed E-state index contributed by atoms with van der Waals surface area (Å²) in [6.45, 7) is 0. The molecule has 4 N–H and O–H groups in total. The molecule has 0 aromatic heterocycles. The first-order chi connectivity index (χ1) is 7.65. The molecule has 16 heavy (non-hydrogen) atoms. The number of nitrogens with two attached hydrogens (primary N) is 2. The standard InChI is InChI=1S/C12H11BrN2O/c13-11-7-9(15)3-6-12(11)16-10-4-1-8(14)2-5-10/h1-7H,14-15H2. The normalized spacial score (nSPS) is 10.1. The number of anilines is 2. The highest BCUT2D eigenvalue weighted by Crippen LogP contribution is 2.31. The molecule has 4 heteroatoms. The molecule has 0 bridgehead atoms. The van der Waals surface area contributed by atoms with Gasteiger partial charge in [-0.15, -0.1) is 0 Å². The summed E-state index contributed by atoms with van der Waals surface area (Å²) < 4.78 is 6.48. The van der Waals surface area contributed by atoms with E-state index in [9.17, 15) is 0 Å². The lowest BCUT2D eigenvalue weighted by Gasteiger charge is -2.08. The second kappa shape index (κ2) is 4.45. The summed E-state index contributed by atoms with van der Waals surface area (Å²) in [5, 5.41) is 0. The van der Waals surface area contributed by atoms with Crippen LogP contribution < -0.4 is 16.2 Å². The Balaban J connectivity index is 2.23. The van der Waals surface area contributed by atoms with Gasteiger partial charge in [-0.1, -0.05) is 0 Å². The van der Waals surface area contributed by atoms with Gasteiger partial charge in [0, 0.05) is 11.4 Å². The third-order valence-electron chi connectivity index (χ3n) is 2.06. The average Bonchev–Trinajstić information content (AvgIpc) is 2.25. The second-order valence-electron chi connectivity index (χ2n) is 3.36. The molecule has 0 saturated carbocycles. The van der Waals surface area contributed by atoms with Gasteiger partial charge in [-0.05, 0) is 58.4 Å². The Kier molecular flexibility index (Phi) is 3.01. The summed E-state index contributed by atoms with van der Waals surface area (Å²) >= 11 is 3.39. The van der Waals surface area contributed by atoms with Gasteiger partial charge in [-0.25, -0.2) is 0 Å². The Bertz CT molecular complexity index is 497. The van der Waals surface area contributed by atoms with Crippen molar-refractivity contribution in [2.75, 3.05) is 11.5 Å². The van der Waals surface area contributed by atoms with Crippen molar-refractivity contribution in [1.29, 1.82) is 0 Å². The third kappa shape index (κ3) is 2.46. The molecule has 0 aliphatic carbocycles. The molecule has 0 spiro atoms. The first kappa shape index (κ1) is 10.8. The molecule has 2 aromatic carbocycles. The van der Waals surface area contributed by atoms with Crippen LogP contribution in [0.2, 0.25) is 0 Å². The van der Waals surface area contributed by atoms with Gasteiger partial charge in [-0.3, -0.25) is 0 Å². The van der Waals surface area contributed by atoms with E-state index >= 15 is 0 Å². The summed E-state index contributed by atoms with van der Waals surface area (Å²) in [6.07, 6.45) is 0. The molecule has 0 heterocycles. The van der Waals surface area contributed by atoms with Crippen LogP contribution in [0, 0.1) is 0 Å². The molecule has 2 rings (SSSR count). The minimum absolute atomic E-state index is 0.691. The fraction of sp³-hybridized carbons (Fsp3) is 0. The number of rotatable bonds is 2. The van der Waals surface area contributed by atoms with E-state index in [0.717, 1.165) is 16.0 Å². The first-order valence-corrected chi connectivity index (χ1v) is 5.53. The van der Waals surface area contributed by atoms with E-state index in [0.29, 0.717) is 11.4 Å². The molecule has 82 valence electrons. The number of ether oxygens (including phenoxy) is 1. The highest BCUT2D eigenvalue weighted by molar-refractivity contribution is 9.10. The largest absolute Gasteiger partial charge is 0.456 e. The van der Waals surface area contributed by atoms with Gasteiger partial charge in [-0.2, -0.15) is 0 Å². The molecule has 0 amide bonds. The predicted octanol–water partition coefficient (Wildman–Crippen LogP) is 3.41. The molecule has 0 fully saturated rings. The van der Waals surface area contributed by atoms with Gasteiger partial charge in [0.05, 0.1) is 4.47 Å². The number of benzene rings is 2. The number of hydrogen-bond acceptors (Lipinski definition) is 3. The molecule has 0 aliphatic heterocycles. The molecule has 3 nitrogen and oxygen atoms in total. The van der Waals surface area contributed by atoms with Crippen LogP contribution in [0.4, 0.5) is 11.4 Å². The van der Waals surface area contributed by atoms with Gasteiger partial charge >= 0.3 is 0 Å². The van der Waals surface area contributed by atoms with E-state index in [1.165, 1.54) is 0 Å². The fourth-order valence-electron chi connectivity index (χ4n) is 1.26. The molecule has 0 radical (unpaired) electrons. The minimum Gasteiger partial charge on any atom is -0.456 e. The highest BCUT2D eigenvalue weighted by Gasteiger charge is 2.02. The van der Waals surface area contributed by atoms with Crippen molar-refractivity contribution in [3.63, 3.8) is 0 Å². The van der Waals surface area contributed by atoms with Crippen LogP contribution >= 0.6 is 15.9 Å². The summed E-state index contributed by atoms with van der Waals surface area (Å²) in [5.74, 6) is 1.46. The third-order valence-corrected chi connectivity index (χ3v) is 2.68. The maximum absolute atomic E-state index is 5.66. The van der Waals surface area contributed by atoms with E-state index in [-0.39, 0.29) is 0 Å². The van der Waals surface area contributed by atoms with Gasteiger partial charge in [0.1, 0.15) is 11.5 Å². The second-order valence-corrected chi connectivity index (χ2v) is 4.22. The smallest absolute Gasteiger partial charge is 0.141 e. The lowest BCUT2D eigenvalue weighted by molar-refractivity contribution is 0.480. The summed E-state index contributed by atoms with van der Waals surface area (Å²) in [4.78, 5) is 0. The zero-order valence-corrected chi connectivity index (χ0v) is 10.1. The summed E-state index contributed by atoms with van der Waals surface area (Å²) in [5.41, 5.74) is 12.6. The minimum atomic E-state index is 0.691. The van der Waals surface area contributed by atoms with Crippen LogP contribution in [0.5, 0.6) is 11.5 Å². The van der Waals surface area contributed by atoms with Gasteiger partial charge in [0.15, 0.2) is 0 Å². The van der Waals surface area contributed by atoms with Crippen molar-refractivity contribution in [2.45, 2.75) is 0 Å². The summed E-state index contributed by atoms with van der Waals surface area (Å²) in [6, 6.07) is 12.6. The van der Waals surface area contributed by atoms with Gasteiger partial charge < -0.3 is 16.2 Å². The molecule has 0 aliphatic rings. The molecule has 2 aromatic rings. The van der Waals surface area contributed by atoms with Crippen LogP contribution in [0.3, 0.4) is 0 Å². The Hall–Kier alpha value is -1.68. The Morgan fingerprint density at radius 1 is 0.875 bits per heavy atom. The first-order valence-electron chi connectivity index (χ1n) is 4.73. The SMILES string of the molecule is Nc1ccc(Oc2ccc(N)cc2Br)cc1. The monoisotopic (exact) mass is 278 g/mol. The van der Waals surface area contributed by atoms with Crippen molar-refractivity contribution < 1.29 is 4.74 Å². The fourth-order valence-corrected chi connectivity index (χ4v) is 1.74. The van der Waals surface area contributed by atoms with Crippen molar-refractivity contribution >= 4 is 27.3 Å². The van der Waals surface area contributed by atoms with Crippen LogP contribution in [-0.4, -0.2) is 0 Å². The lowest BCUT2D eigenvalue weighted by atomic mass is 10.3. The molecular formula is C12H11BrN2O. The maximum Gasteiger partial charge on any atom is 0.141 e. The van der Waals surface area contributed by atoms with Crippen LogP contribution in [-0.2, 0) is 0 Å². The zero-order chi connectivity index (χ0) is 11.5. The Labute approximate surface area is 102 Å². The lowest BCUT2D eigenvalue weighted by Crippen LogP contribution is -1.89. The van der Waals surface area contributed by atoms with Crippen molar-refractivity contribution in [1.82, 2.24) is 0 Å². The van der Waals surface area contributed by atoms with Gasteiger partial charge in [0.2, 0.25) is 0 Å². The van der Waals surface area contributed by atoms with Gasteiger partial charge in [0.25, 0.3) is 0 Å². The van der Waals surface area contributed by atoms with Crippen LogP contribution in [0.25, 0.3) is 0 Å². The average molecular weight is 279 g/mol. The zero-order valence-electron chi connectivity index (χ0n) is 8.48. The van der Waals surface area contributed by atoms with E-state index in [2.05, 4.69) is 15.9 Å². The van der Waals surface area contributed by atoms with Crippen molar-refractivity contribution in [2.24, 2.45) is 0 Å². The molecular weight excluding hydrogens is 268 g/mol. The Morgan fingerprint density at radius 2 is 1.50 bits per heavy atom. The van der Waals surface area contributed by atoms with E-state index in [4.69, 9.17) is 16.2 Å². The van der Waals surface area contributed by atoms with Crippen LogP contribution in [0.15, 0.2) is 46.9 Å². The topological polar surface area (TPSA) is 61.3 Å². The predicted molar refractivity (Wildman–Crippen MR) is 69.5 cm³/mol. The van der Waals surface area contributed by atoms with Crippen molar-refractivity contribution in [3.05, 3.63) is 46.9 Å². The van der Waals surface area contributed by atoms with E-state index in [1.807, 2.05) is 18.2 Å². The molecule has 0 saturated heterocycles. The maximum atomic E-state index is 5.66. The van der Waals surface area contributed by atoms with Crippen LogP contribution in [0.1, 0.15) is 0 Å².